The molecule has 3 nitrogen and oxygen atoms in total. The number of rotatable bonds is 6. The van der Waals surface area contributed by atoms with Gasteiger partial charge in [0.1, 0.15) is 5.82 Å². The van der Waals surface area contributed by atoms with Crippen LogP contribution in [0.5, 0.6) is 0 Å². The lowest BCUT2D eigenvalue weighted by Crippen LogP contribution is -2.11. The molecule has 0 spiro atoms. The van der Waals surface area contributed by atoms with Crippen molar-refractivity contribution in [2.75, 3.05) is 13.2 Å². The van der Waals surface area contributed by atoms with Gasteiger partial charge in [0.15, 0.2) is 0 Å². The molecule has 2 rings (SSSR count). The molecule has 1 aromatic carbocycles. The van der Waals surface area contributed by atoms with Crippen molar-refractivity contribution >= 4 is 45.8 Å². The first-order valence-corrected chi connectivity index (χ1v) is 7.79. The van der Waals surface area contributed by atoms with Gasteiger partial charge in [-0.1, -0.05) is 37.0 Å². The van der Waals surface area contributed by atoms with Gasteiger partial charge in [-0.3, -0.25) is 0 Å². The summed E-state index contributed by atoms with van der Waals surface area (Å²) in [6.07, 6.45) is 0. The summed E-state index contributed by atoms with van der Waals surface area (Å²) in [5.74, 6) is 1.66. The summed E-state index contributed by atoms with van der Waals surface area (Å²) < 4.78 is 7.65. The predicted octanol–water partition coefficient (Wildman–Crippen LogP) is 4.75. The van der Waals surface area contributed by atoms with Crippen LogP contribution in [0, 0.1) is 5.92 Å². The van der Waals surface area contributed by atoms with Crippen molar-refractivity contribution in [1.29, 1.82) is 0 Å². The molecule has 0 amide bonds. The van der Waals surface area contributed by atoms with E-state index in [1.54, 1.807) is 6.07 Å². The first-order valence-electron chi connectivity index (χ1n) is 6.50. The van der Waals surface area contributed by atoms with Crippen LogP contribution < -0.4 is 0 Å². The third-order valence-corrected chi connectivity index (χ3v) is 3.86. The van der Waals surface area contributed by atoms with Crippen molar-refractivity contribution < 1.29 is 4.74 Å². The molecule has 0 fully saturated rings. The molecule has 0 aliphatic heterocycles. The van der Waals surface area contributed by atoms with Crippen molar-refractivity contribution in [2.24, 2.45) is 5.92 Å². The Morgan fingerprint density at radius 2 is 1.95 bits per heavy atom. The zero-order valence-corrected chi connectivity index (χ0v) is 13.8. The molecule has 0 saturated heterocycles. The maximum atomic E-state index is 6.08. The SMILES string of the molecule is CC(C)COCCn1c(CCl)nc2cc(Cl)c(Cl)cc21. The standard InChI is InChI=1S/C14H17Cl3N2O/c1-9(2)8-20-4-3-19-13-6-11(17)10(16)5-12(13)18-14(19)7-15/h5-6,9H,3-4,7-8H2,1-2H3. The second kappa shape index (κ2) is 6.99. The Balaban J connectivity index is 2.23. The van der Waals surface area contributed by atoms with Crippen LogP contribution in [0.2, 0.25) is 10.0 Å². The van der Waals surface area contributed by atoms with Gasteiger partial charge >= 0.3 is 0 Å². The number of halogens is 3. The summed E-state index contributed by atoms with van der Waals surface area (Å²) >= 11 is 18.0. The third-order valence-electron chi connectivity index (χ3n) is 2.90. The number of fused-ring (bicyclic) bond motifs is 1. The highest BCUT2D eigenvalue weighted by Crippen LogP contribution is 2.28. The maximum absolute atomic E-state index is 6.08. The van der Waals surface area contributed by atoms with Gasteiger partial charge < -0.3 is 9.30 Å². The molecule has 0 bridgehead atoms. The molecule has 0 saturated carbocycles. The number of benzene rings is 1. The summed E-state index contributed by atoms with van der Waals surface area (Å²) in [4.78, 5) is 4.48. The van der Waals surface area contributed by atoms with Crippen LogP contribution in [-0.2, 0) is 17.2 Å². The lowest BCUT2D eigenvalue weighted by molar-refractivity contribution is 0.103. The minimum absolute atomic E-state index is 0.341. The number of nitrogens with zero attached hydrogens (tertiary/aromatic N) is 2. The molecular weight excluding hydrogens is 319 g/mol. The van der Waals surface area contributed by atoms with Crippen LogP contribution in [0.3, 0.4) is 0 Å². The molecule has 6 heteroatoms. The average molecular weight is 336 g/mol. The Hall–Kier alpha value is -0.480. The smallest absolute Gasteiger partial charge is 0.124 e. The number of aromatic nitrogens is 2. The predicted molar refractivity (Wildman–Crippen MR) is 85.0 cm³/mol. The van der Waals surface area contributed by atoms with E-state index in [0.29, 0.717) is 35.0 Å². The van der Waals surface area contributed by atoms with Gasteiger partial charge in [0.2, 0.25) is 0 Å². The van der Waals surface area contributed by atoms with Gasteiger partial charge in [-0.05, 0) is 18.1 Å². The van der Waals surface area contributed by atoms with Crippen molar-refractivity contribution in [1.82, 2.24) is 9.55 Å². The van der Waals surface area contributed by atoms with E-state index < -0.39 is 0 Å². The fraction of sp³-hybridized carbons (Fsp3) is 0.500. The van der Waals surface area contributed by atoms with Crippen molar-refractivity contribution in [2.45, 2.75) is 26.3 Å². The van der Waals surface area contributed by atoms with E-state index in [1.807, 2.05) is 10.6 Å². The van der Waals surface area contributed by atoms with E-state index >= 15 is 0 Å². The summed E-state index contributed by atoms with van der Waals surface area (Å²) in [7, 11) is 0. The van der Waals surface area contributed by atoms with Gasteiger partial charge in [0.25, 0.3) is 0 Å². The van der Waals surface area contributed by atoms with Crippen molar-refractivity contribution in [3.8, 4) is 0 Å². The normalized spacial score (nSPS) is 11.7. The number of alkyl halides is 1. The van der Waals surface area contributed by atoms with E-state index in [4.69, 9.17) is 39.5 Å². The first-order chi connectivity index (χ1) is 9.52. The second-order valence-electron chi connectivity index (χ2n) is 5.04. The number of hydrogen-bond acceptors (Lipinski definition) is 2. The highest BCUT2D eigenvalue weighted by molar-refractivity contribution is 6.42. The highest BCUT2D eigenvalue weighted by Gasteiger charge is 2.12. The number of hydrogen-bond donors (Lipinski definition) is 0. The minimum atomic E-state index is 0.341. The van der Waals surface area contributed by atoms with Crippen LogP contribution in [0.15, 0.2) is 12.1 Å². The molecule has 110 valence electrons. The second-order valence-corrected chi connectivity index (χ2v) is 6.12. The Kier molecular flexibility index (Phi) is 5.56. The molecule has 0 N–H and O–H groups in total. The molecule has 1 aromatic heterocycles. The van der Waals surface area contributed by atoms with Gasteiger partial charge in [0, 0.05) is 13.2 Å². The molecule has 2 aromatic rings. The van der Waals surface area contributed by atoms with Crippen LogP contribution in [-0.4, -0.2) is 22.8 Å². The van der Waals surface area contributed by atoms with Crippen molar-refractivity contribution in [3.05, 3.63) is 28.0 Å². The van der Waals surface area contributed by atoms with Gasteiger partial charge in [-0.25, -0.2) is 4.98 Å². The van der Waals surface area contributed by atoms with E-state index in [0.717, 1.165) is 23.5 Å². The molecule has 0 unspecified atom stereocenters. The Morgan fingerprint density at radius 3 is 2.60 bits per heavy atom. The average Bonchev–Trinajstić information content (AvgIpc) is 2.72. The van der Waals surface area contributed by atoms with Crippen LogP contribution in [0.1, 0.15) is 19.7 Å². The first kappa shape index (κ1) is 15.9. The van der Waals surface area contributed by atoms with Crippen LogP contribution >= 0.6 is 34.8 Å². The van der Waals surface area contributed by atoms with Crippen LogP contribution in [0.25, 0.3) is 11.0 Å². The monoisotopic (exact) mass is 334 g/mol. The zero-order valence-electron chi connectivity index (χ0n) is 11.5. The van der Waals surface area contributed by atoms with E-state index in [-0.39, 0.29) is 0 Å². The van der Waals surface area contributed by atoms with Gasteiger partial charge in [-0.2, -0.15) is 0 Å². The lowest BCUT2D eigenvalue weighted by Gasteiger charge is -2.10. The quantitative estimate of drug-likeness (QED) is 0.562. The Bertz CT molecular complexity index is 596. The molecule has 1 heterocycles. The number of ether oxygens (including phenoxy) is 1. The van der Waals surface area contributed by atoms with E-state index in [2.05, 4.69) is 18.8 Å². The highest BCUT2D eigenvalue weighted by atomic mass is 35.5. The zero-order chi connectivity index (χ0) is 14.7. The van der Waals surface area contributed by atoms with Crippen molar-refractivity contribution in [3.63, 3.8) is 0 Å². The summed E-state index contributed by atoms with van der Waals surface area (Å²) in [6.45, 7) is 6.31. The Labute approximate surface area is 133 Å². The summed E-state index contributed by atoms with van der Waals surface area (Å²) in [6, 6.07) is 3.59. The van der Waals surface area contributed by atoms with Gasteiger partial charge in [0.05, 0.1) is 33.6 Å². The fourth-order valence-electron chi connectivity index (χ4n) is 2.00. The topological polar surface area (TPSA) is 27.1 Å². The van der Waals surface area contributed by atoms with Crippen LogP contribution in [0.4, 0.5) is 0 Å². The summed E-state index contributed by atoms with van der Waals surface area (Å²) in [5, 5.41) is 1.02. The molecule has 0 aliphatic carbocycles. The minimum Gasteiger partial charge on any atom is -0.379 e. The third kappa shape index (κ3) is 3.59. The Morgan fingerprint density at radius 1 is 1.25 bits per heavy atom. The lowest BCUT2D eigenvalue weighted by atomic mass is 10.2. The molecular formula is C14H17Cl3N2O. The fourth-order valence-corrected chi connectivity index (χ4v) is 2.52. The van der Waals surface area contributed by atoms with E-state index in [1.165, 1.54) is 0 Å². The molecule has 0 atom stereocenters. The van der Waals surface area contributed by atoms with E-state index in [9.17, 15) is 0 Å². The molecule has 0 aliphatic rings. The maximum Gasteiger partial charge on any atom is 0.124 e. The largest absolute Gasteiger partial charge is 0.379 e. The molecule has 20 heavy (non-hydrogen) atoms. The number of imidazole rings is 1. The summed E-state index contributed by atoms with van der Waals surface area (Å²) in [5.41, 5.74) is 1.74. The van der Waals surface area contributed by atoms with Gasteiger partial charge in [-0.15, -0.1) is 11.6 Å². The molecule has 0 radical (unpaired) electrons.